The van der Waals surface area contributed by atoms with Gasteiger partial charge in [0.1, 0.15) is 23.7 Å². The molecule has 152 valence electrons. The number of rotatable bonds is 7. The number of likely N-dealkylation sites (tertiary alicyclic amines) is 1. The summed E-state index contributed by atoms with van der Waals surface area (Å²) in [6.45, 7) is 1.84. The van der Waals surface area contributed by atoms with Crippen molar-refractivity contribution in [3.63, 3.8) is 0 Å². The summed E-state index contributed by atoms with van der Waals surface area (Å²) in [5.74, 6) is -2.60. The highest BCUT2D eigenvalue weighted by Gasteiger charge is 2.51. The number of carbonyl (C=O) groups is 4. The van der Waals surface area contributed by atoms with Crippen molar-refractivity contribution in [2.75, 3.05) is 19.5 Å². The number of β-lactam (4-membered cyclic amide) rings is 1. The van der Waals surface area contributed by atoms with Gasteiger partial charge in [0.05, 0.1) is 0 Å². The van der Waals surface area contributed by atoms with E-state index < -0.39 is 52.4 Å². The van der Waals surface area contributed by atoms with Gasteiger partial charge in [-0.15, -0.1) is 11.8 Å². The van der Waals surface area contributed by atoms with Crippen molar-refractivity contribution in [3.05, 3.63) is 11.3 Å². The third kappa shape index (κ3) is 6.63. The summed E-state index contributed by atoms with van der Waals surface area (Å²) in [7, 11) is 0. The van der Waals surface area contributed by atoms with E-state index in [0.717, 1.165) is 4.90 Å². The Labute approximate surface area is 174 Å². The van der Waals surface area contributed by atoms with Gasteiger partial charge in [-0.25, -0.2) is 9.59 Å². The lowest BCUT2D eigenvalue weighted by molar-refractivity contribution is -0.150. The minimum atomic E-state index is -1.82. The number of amides is 2. The molecule has 1 saturated heterocycles. The Morgan fingerprint density at radius 3 is 2.30 bits per heavy atom. The Morgan fingerprint density at radius 2 is 1.85 bits per heavy atom. The first-order chi connectivity index (χ1) is 12.4. The molecule has 0 radical (unpaired) electrons. The van der Waals surface area contributed by atoms with Crippen LogP contribution in [0, 0.1) is 0 Å². The molecule has 0 aromatic rings. The molecule has 13 heteroatoms. The molecule has 0 spiro atoms. The largest absolute Gasteiger partial charge is 0.508 e. The van der Waals surface area contributed by atoms with E-state index in [0.29, 0.717) is 5.57 Å². The molecular weight excluding hydrogens is 447 g/mol. The number of allylic oxidation sites excluding steroid dienone is 1. The van der Waals surface area contributed by atoms with Crippen LogP contribution in [0.15, 0.2) is 11.3 Å². The zero-order valence-electron chi connectivity index (χ0n) is 14.5. The van der Waals surface area contributed by atoms with Crippen molar-refractivity contribution in [2.45, 2.75) is 29.1 Å². The number of hydrogen-bond donors (Lipinski definition) is 2. The monoisotopic (exact) mass is 462 g/mol. The van der Waals surface area contributed by atoms with Gasteiger partial charge in [-0.1, -0.05) is 34.8 Å². The zero-order valence-corrected chi connectivity index (χ0v) is 17.5. The van der Waals surface area contributed by atoms with E-state index in [4.69, 9.17) is 34.8 Å². The standard InChI is InChI=1S/C14H17Cl3N2O7S/c1-6(2)9(12(22)23)19-10(21)8(11(19)27-3)18-7(20)4-25-13(24)26-5-14(15,16)17/h8,11H,4-5H2,1-3H3,(H,18,20)(H,22,23). The van der Waals surface area contributed by atoms with Crippen LogP contribution >= 0.6 is 46.6 Å². The average molecular weight is 464 g/mol. The number of aliphatic carboxylic acids is 1. The van der Waals surface area contributed by atoms with Crippen molar-refractivity contribution in [2.24, 2.45) is 0 Å². The van der Waals surface area contributed by atoms with Gasteiger partial charge in [0.15, 0.2) is 6.61 Å². The molecule has 2 atom stereocenters. The van der Waals surface area contributed by atoms with Crippen molar-refractivity contribution in [1.29, 1.82) is 0 Å². The third-order valence-corrected chi connectivity index (χ3v) is 4.49. The summed E-state index contributed by atoms with van der Waals surface area (Å²) < 4.78 is 7.20. The predicted octanol–water partition coefficient (Wildman–Crippen LogP) is 1.90. The second-order valence-electron chi connectivity index (χ2n) is 5.48. The first-order valence-corrected chi connectivity index (χ1v) is 9.73. The quantitative estimate of drug-likeness (QED) is 0.254. The molecule has 2 unspecified atom stereocenters. The zero-order chi connectivity index (χ0) is 20.9. The molecule has 2 amide bonds. The predicted molar refractivity (Wildman–Crippen MR) is 99.7 cm³/mol. The van der Waals surface area contributed by atoms with Crippen molar-refractivity contribution in [1.82, 2.24) is 10.2 Å². The number of thioether (sulfide) groups is 1. The Bertz CT molecular complexity index is 662. The molecule has 0 aliphatic carbocycles. The molecule has 0 bridgehead atoms. The average Bonchev–Trinajstić information content (AvgIpc) is 2.55. The van der Waals surface area contributed by atoms with Gasteiger partial charge < -0.3 is 19.9 Å². The van der Waals surface area contributed by atoms with Crippen molar-refractivity contribution < 1.29 is 33.8 Å². The molecule has 1 heterocycles. The lowest BCUT2D eigenvalue weighted by Gasteiger charge is -2.46. The third-order valence-electron chi connectivity index (χ3n) is 3.19. The molecule has 2 N–H and O–H groups in total. The Balaban J connectivity index is 2.61. The summed E-state index contributed by atoms with van der Waals surface area (Å²) in [5, 5.41) is 11.1. The van der Waals surface area contributed by atoms with Crippen molar-refractivity contribution >= 4 is 70.5 Å². The lowest BCUT2D eigenvalue weighted by Crippen LogP contribution is -2.69. The van der Waals surface area contributed by atoms with Crippen LogP contribution in [0.2, 0.25) is 0 Å². The molecule has 1 fully saturated rings. The van der Waals surface area contributed by atoms with E-state index in [1.807, 2.05) is 0 Å². The van der Waals surface area contributed by atoms with Crippen LogP contribution < -0.4 is 5.32 Å². The number of hydrogen-bond acceptors (Lipinski definition) is 7. The number of halogens is 3. The first kappa shape index (κ1) is 23.7. The van der Waals surface area contributed by atoms with Crippen LogP contribution in [0.25, 0.3) is 0 Å². The lowest BCUT2D eigenvalue weighted by atomic mass is 10.0. The number of alkyl halides is 3. The molecule has 1 aliphatic heterocycles. The minimum Gasteiger partial charge on any atom is -0.477 e. The number of carbonyl (C=O) groups excluding carboxylic acids is 3. The maximum atomic E-state index is 12.3. The van der Waals surface area contributed by atoms with Crippen LogP contribution in [0.3, 0.4) is 0 Å². The molecule has 9 nitrogen and oxygen atoms in total. The highest BCUT2D eigenvalue weighted by atomic mass is 35.6. The second kappa shape index (κ2) is 9.72. The molecule has 1 aliphatic rings. The molecule has 1 rings (SSSR count). The minimum absolute atomic E-state index is 0.142. The topological polar surface area (TPSA) is 122 Å². The van der Waals surface area contributed by atoms with Gasteiger partial charge in [-0.05, 0) is 25.7 Å². The van der Waals surface area contributed by atoms with Gasteiger partial charge in [-0.3, -0.25) is 14.5 Å². The number of carboxylic acid groups (broad SMARTS) is 1. The smallest absolute Gasteiger partial charge is 0.477 e. The fraction of sp³-hybridized carbons (Fsp3) is 0.571. The summed E-state index contributed by atoms with van der Waals surface area (Å²) in [6, 6.07) is -0.956. The Hall–Kier alpha value is -1.36. The number of nitrogens with zero attached hydrogens (tertiary/aromatic N) is 1. The second-order valence-corrected chi connectivity index (χ2v) is 8.95. The van der Waals surface area contributed by atoms with Crippen molar-refractivity contribution in [3.8, 4) is 0 Å². The number of ether oxygens (including phenoxy) is 2. The first-order valence-electron chi connectivity index (χ1n) is 7.31. The summed E-state index contributed by atoms with van der Waals surface area (Å²) in [5.41, 5.74) is 0.302. The van der Waals surface area contributed by atoms with Crippen LogP contribution in [-0.2, 0) is 23.9 Å². The Morgan fingerprint density at radius 1 is 1.26 bits per heavy atom. The number of carboxylic acids is 1. The van der Waals surface area contributed by atoms with Crippen LogP contribution in [0.5, 0.6) is 0 Å². The molecule has 27 heavy (non-hydrogen) atoms. The maximum Gasteiger partial charge on any atom is 0.508 e. The van der Waals surface area contributed by atoms with Gasteiger partial charge in [0, 0.05) is 0 Å². The van der Waals surface area contributed by atoms with Gasteiger partial charge in [-0.2, -0.15) is 0 Å². The molecule has 0 saturated carbocycles. The summed E-state index contributed by atoms with van der Waals surface area (Å²) in [4.78, 5) is 47.9. The normalized spacial score (nSPS) is 19.0. The van der Waals surface area contributed by atoms with Crippen LogP contribution in [0.1, 0.15) is 13.8 Å². The van der Waals surface area contributed by atoms with Gasteiger partial charge >= 0.3 is 12.1 Å². The Kier molecular flexibility index (Phi) is 8.52. The summed E-state index contributed by atoms with van der Waals surface area (Å²) >= 11 is 17.4. The van der Waals surface area contributed by atoms with E-state index in [2.05, 4.69) is 14.8 Å². The van der Waals surface area contributed by atoms with Crippen LogP contribution in [0.4, 0.5) is 4.79 Å². The molecular formula is C14H17Cl3N2O7S. The van der Waals surface area contributed by atoms with E-state index in [1.54, 1.807) is 20.1 Å². The van der Waals surface area contributed by atoms with E-state index >= 15 is 0 Å². The SMILES string of the molecule is CSC1C(NC(=O)COC(=O)OCC(Cl)(Cl)Cl)C(=O)N1C(C(=O)O)=C(C)C. The fourth-order valence-corrected chi connectivity index (χ4v) is 3.20. The highest BCUT2D eigenvalue weighted by Crippen LogP contribution is 2.33. The van der Waals surface area contributed by atoms with Crippen LogP contribution in [-0.4, -0.2) is 68.6 Å². The fourth-order valence-electron chi connectivity index (χ4n) is 2.16. The number of nitrogens with one attached hydrogen (secondary N) is 1. The summed E-state index contributed by atoms with van der Waals surface area (Å²) in [6.07, 6.45) is 0.440. The molecule has 0 aromatic heterocycles. The molecule has 0 aromatic carbocycles. The van der Waals surface area contributed by atoms with Gasteiger partial charge in [0.2, 0.25) is 3.79 Å². The highest BCUT2D eigenvalue weighted by molar-refractivity contribution is 7.99. The van der Waals surface area contributed by atoms with E-state index in [9.17, 15) is 24.3 Å². The van der Waals surface area contributed by atoms with Gasteiger partial charge in [0.25, 0.3) is 11.8 Å². The van der Waals surface area contributed by atoms with E-state index in [1.165, 1.54) is 11.8 Å². The van der Waals surface area contributed by atoms with E-state index in [-0.39, 0.29) is 5.70 Å². The maximum absolute atomic E-state index is 12.3.